The van der Waals surface area contributed by atoms with Crippen molar-refractivity contribution in [2.24, 2.45) is 0 Å². The number of carboxylic acid groups (broad SMARTS) is 1. The first-order valence-corrected chi connectivity index (χ1v) is 10.7. The molecule has 0 fully saturated rings. The maximum atomic E-state index is 12.2. The molecule has 1 aliphatic rings. The summed E-state index contributed by atoms with van der Waals surface area (Å²) < 4.78 is 5.38. The van der Waals surface area contributed by atoms with Crippen molar-refractivity contribution in [3.63, 3.8) is 0 Å². The molecule has 0 aliphatic heterocycles. The summed E-state index contributed by atoms with van der Waals surface area (Å²) in [5, 5.41) is 14.4. The van der Waals surface area contributed by atoms with Crippen molar-refractivity contribution in [3.8, 4) is 11.1 Å². The molecule has 4 rings (SSSR count). The molecule has 0 saturated heterocycles. The molecule has 0 spiro atoms. The predicted molar refractivity (Wildman–Crippen MR) is 123 cm³/mol. The topological polar surface area (TPSA) is 105 Å². The summed E-state index contributed by atoms with van der Waals surface area (Å²) in [6, 6.07) is 20.9. The van der Waals surface area contributed by atoms with Gasteiger partial charge in [-0.05, 0) is 28.3 Å². The molecular weight excluding hydrogens is 444 g/mol. The monoisotopic (exact) mass is 464 g/mol. The summed E-state index contributed by atoms with van der Waals surface area (Å²) in [6.45, 7) is -0.330. The van der Waals surface area contributed by atoms with Crippen molar-refractivity contribution in [1.29, 1.82) is 0 Å². The van der Waals surface area contributed by atoms with Crippen molar-refractivity contribution >= 4 is 29.6 Å². The van der Waals surface area contributed by atoms with E-state index in [2.05, 4.69) is 10.6 Å². The molecular formula is C25H21ClN2O5. The molecule has 33 heavy (non-hydrogen) atoms. The van der Waals surface area contributed by atoms with Crippen LogP contribution in [0.4, 0.5) is 4.79 Å². The Morgan fingerprint density at radius 2 is 1.48 bits per heavy atom. The van der Waals surface area contributed by atoms with Gasteiger partial charge in [-0.25, -0.2) is 9.59 Å². The lowest BCUT2D eigenvalue weighted by atomic mass is 9.98. The van der Waals surface area contributed by atoms with E-state index in [1.54, 1.807) is 12.1 Å². The lowest BCUT2D eigenvalue weighted by Crippen LogP contribution is -2.41. The fourth-order valence-corrected chi connectivity index (χ4v) is 4.24. The van der Waals surface area contributed by atoms with Gasteiger partial charge >= 0.3 is 12.1 Å². The summed E-state index contributed by atoms with van der Waals surface area (Å²) in [6.07, 6.45) is -0.767. The Kier molecular flexibility index (Phi) is 6.60. The lowest BCUT2D eigenvalue weighted by molar-refractivity contribution is -0.141. The average molecular weight is 465 g/mol. The standard InChI is InChI=1S/C25H21ClN2O5/c26-21-12-6-5-11-19(21)23(24(30)31)28-22(29)13-27-25(32)33-14-20-17-9-3-1-7-15(17)16-8-2-4-10-18(16)20/h1-12,20,23H,13-14H2,(H,27,32)(H,28,29)(H,30,31)/t23-/m1/s1. The van der Waals surface area contributed by atoms with E-state index in [0.717, 1.165) is 22.3 Å². The maximum absolute atomic E-state index is 12.2. The highest BCUT2D eigenvalue weighted by Crippen LogP contribution is 2.44. The average Bonchev–Trinajstić information content (AvgIpc) is 3.14. The van der Waals surface area contributed by atoms with Crippen LogP contribution in [0.5, 0.6) is 0 Å². The Labute approximate surface area is 195 Å². The van der Waals surface area contributed by atoms with E-state index in [0.29, 0.717) is 0 Å². The first-order chi connectivity index (χ1) is 16.0. The minimum absolute atomic E-state index is 0.103. The molecule has 3 aromatic rings. The SMILES string of the molecule is O=C(CNC(=O)OCC1c2ccccc2-c2ccccc21)N[C@@H](C(=O)O)c1ccccc1Cl. The molecule has 2 amide bonds. The molecule has 8 heteroatoms. The molecule has 0 aromatic heterocycles. The highest BCUT2D eigenvalue weighted by atomic mass is 35.5. The van der Waals surface area contributed by atoms with E-state index >= 15 is 0 Å². The predicted octanol–water partition coefficient (Wildman–Crippen LogP) is 4.12. The zero-order valence-electron chi connectivity index (χ0n) is 17.5. The number of rotatable bonds is 7. The number of carbonyl (C=O) groups excluding carboxylic acids is 2. The molecule has 168 valence electrons. The number of carbonyl (C=O) groups is 3. The van der Waals surface area contributed by atoms with Gasteiger partial charge in [0.15, 0.2) is 6.04 Å². The van der Waals surface area contributed by atoms with Gasteiger partial charge in [-0.3, -0.25) is 4.79 Å². The van der Waals surface area contributed by atoms with Gasteiger partial charge in [-0.2, -0.15) is 0 Å². The van der Waals surface area contributed by atoms with Crippen LogP contribution in [0.25, 0.3) is 11.1 Å². The van der Waals surface area contributed by atoms with Gasteiger partial charge in [0, 0.05) is 16.5 Å². The molecule has 7 nitrogen and oxygen atoms in total. The molecule has 1 atom stereocenters. The van der Waals surface area contributed by atoms with Gasteiger partial charge in [0.25, 0.3) is 0 Å². The van der Waals surface area contributed by atoms with Gasteiger partial charge in [0.05, 0.1) is 0 Å². The number of halogens is 1. The fraction of sp³-hybridized carbons (Fsp3) is 0.160. The first kappa shape index (κ1) is 22.4. The van der Waals surface area contributed by atoms with E-state index in [-0.39, 0.29) is 23.1 Å². The number of nitrogens with one attached hydrogen (secondary N) is 2. The molecule has 0 unspecified atom stereocenters. The van der Waals surface area contributed by atoms with Crippen LogP contribution in [0, 0.1) is 0 Å². The van der Waals surface area contributed by atoms with Gasteiger partial charge in [0.2, 0.25) is 5.91 Å². The van der Waals surface area contributed by atoms with Crippen molar-refractivity contribution in [2.45, 2.75) is 12.0 Å². The molecule has 3 aromatic carbocycles. The summed E-state index contributed by atoms with van der Waals surface area (Å²) >= 11 is 6.04. The Morgan fingerprint density at radius 1 is 0.909 bits per heavy atom. The highest BCUT2D eigenvalue weighted by molar-refractivity contribution is 6.31. The molecule has 0 saturated carbocycles. The van der Waals surface area contributed by atoms with Crippen LogP contribution < -0.4 is 10.6 Å². The van der Waals surface area contributed by atoms with Crippen molar-refractivity contribution < 1.29 is 24.2 Å². The summed E-state index contributed by atoms with van der Waals surface area (Å²) in [5.41, 5.74) is 4.63. The molecule has 1 aliphatic carbocycles. The number of hydrogen-bond donors (Lipinski definition) is 3. The first-order valence-electron chi connectivity index (χ1n) is 10.3. The summed E-state index contributed by atoms with van der Waals surface area (Å²) in [7, 11) is 0. The largest absolute Gasteiger partial charge is 0.479 e. The van der Waals surface area contributed by atoms with E-state index in [1.165, 1.54) is 12.1 Å². The number of ether oxygens (including phenoxy) is 1. The van der Waals surface area contributed by atoms with Crippen LogP contribution in [0.15, 0.2) is 72.8 Å². The van der Waals surface area contributed by atoms with E-state index in [9.17, 15) is 19.5 Å². The van der Waals surface area contributed by atoms with Gasteiger partial charge < -0.3 is 20.5 Å². The number of carboxylic acids is 1. The number of fused-ring (bicyclic) bond motifs is 3. The highest BCUT2D eigenvalue weighted by Gasteiger charge is 2.29. The molecule has 0 heterocycles. The van der Waals surface area contributed by atoms with Crippen LogP contribution >= 0.6 is 11.6 Å². The van der Waals surface area contributed by atoms with Gasteiger partial charge in [0.1, 0.15) is 13.2 Å². The van der Waals surface area contributed by atoms with Crippen molar-refractivity contribution in [2.75, 3.05) is 13.2 Å². The van der Waals surface area contributed by atoms with Crippen LogP contribution in [0.2, 0.25) is 5.02 Å². The minimum Gasteiger partial charge on any atom is -0.479 e. The quantitative estimate of drug-likeness (QED) is 0.488. The Balaban J connectivity index is 1.33. The Bertz CT molecular complexity index is 1170. The number of benzene rings is 3. The smallest absolute Gasteiger partial charge is 0.407 e. The van der Waals surface area contributed by atoms with Gasteiger partial charge in [-0.1, -0.05) is 78.3 Å². The third-order valence-corrected chi connectivity index (χ3v) is 5.85. The Morgan fingerprint density at radius 3 is 2.09 bits per heavy atom. The van der Waals surface area contributed by atoms with Crippen LogP contribution in [-0.4, -0.2) is 36.2 Å². The van der Waals surface area contributed by atoms with E-state index in [4.69, 9.17) is 16.3 Å². The van der Waals surface area contributed by atoms with Crippen LogP contribution in [0.3, 0.4) is 0 Å². The third-order valence-electron chi connectivity index (χ3n) is 5.51. The summed E-state index contributed by atoms with van der Waals surface area (Å²) in [5.74, 6) is -2.05. The number of hydrogen-bond acceptors (Lipinski definition) is 4. The second-order valence-corrected chi connectivity index (χ2v) is 7.95. The fourth-order valence-electron chi connectivity index (χ4n) is 4.00. The summed E-state index contributed by atoms with van der Waals surface area (Å²) in [4.78, 5) is 36.1. The van der Waals surface area contributed by atoms with Crippen molar-refractivity contribution in [1.82, 2.24) is 10.6 Å². The lowest BCUT2D eigenvalue weighted by Gasteiger charge is -2.17. The second-order valence-electron chi connectivity index (χ2n) is 7.54. The second kappa shape index (κ2) is 9.75. The van der Waals surface area contributed by atoms with Crippen LogP contribution in [0.1, 0.15) is 28.7 Å². The maximum Gasteiger partial charge on any atom is 0.407 e. The molecule has 0 radical (unpaired) electrons. The number of alkyl carbamates (subject to hydrolysis) is 1. The number of amides is 2. The molecule has 0 bridgehead atoms. The van der Waals surface area contributed by atoms with Gasteiger partial charge in [-0.15, -0.1) is 0 Å². The van der Waals surface area contributed by atoms with E-state index in [1.807, 2.05) is 48.5 Å². The van der Waals surface area contributed by atoms with Crippen molar-refractivity contribution in [3.05, 3.63) is 94.5 Å². The zero-order valence-corrected chi connectivity index (χ0v) is 18.2. The minimum atomic E-state index is -1.34. The normalized spacial score (nSPS) is 12.9. The number of aliphatic carboxylic acids is 1. The zero-order chi connectivity index (χ0) is 23.4. The van der Waals surface area contributed by atoms with Crippen LogP contribution in [-0.2, 0) is 14.3 Å². The van der Waals surface area contributed by atoms with E-state index < -0.39 is 30.6 Å². The molecule has 3 N–H and O–H groups in total. The Hall–Kier alpha value is -3.84. The third kappa shape index (κ3) is 4.83.